The molecule has 4 rings (SSSR count). The van der Waals surface area contributed by atoms with Crippen LogP contribution in [0.15, 0.2) is 0 Å². The maximum Gasteiger partial charge on any atom is 0.266 e. The van der Waals surface area contributed by atoms with Gasteiger partial charge in [0.1, 0.15) is 0 Å². The smallest absolute Gasteiger partial charge is 0.266 e. The van der Waals surface area contributed by atoms with Crippen LogP contribution in [0.4, 0.5) is 0 Å². The van der Waals surface area contributed by atoms with Crippen LogP contribution in [-0.2, 0) is 14.9 Å². The molecule has 4 aliphatic carbocycles. The van der Waals surface area contributed by atoms with Crippen LogP contribution in [-0.4, -0.2) is 31.2 Å². The highest BCUT2D eigenvalue weighted by molar-refractivity contribution is 7.85. The molecule has 4 saturated carbocycles. The van der Waals surface area contributed by atoms with E-state index in [1.807, 2.05) is 27.7 Å². The van der Waals surface area contributed by atoms with E-state index in [4.69, 9.17) is 4.55 Å². The molecule has 0 spiro atoms. The van der Waals surface area contributed by atoms with Crippen molar-refractivity contribution in [2.24, 2.45) is 40.4 Å². The van der Waals surface area contributed by atoms with Crippen molar-refractivity contribution < 1.29 is 17.8 Å². The summed E-state index contributed by atoms with van der Waals surface area (Å²) in [5.74, 6) is 3.92. The summed E-state index contributed by atoms with van der Waals surface area (Å²) in [6.07, 6.45) is 16.6. The highest BCUT2D eigenvalue weighted by Crippen LogP contribution is 2.67. The fourth-order valence-corrected chi connectivity index (χ4v) is 9.16. The Morgan fingerprint density at radius 1 is 0.886 bits per heavy atom. The summed E-state index contributed by atoms with van der Waals surface area (Å²) in [4.78, 5) is 12.0. The van der Waals surface area contributed by atoms with Gasteiger partial charge in [0, 0.05) is 13.0 Å². The van der Waals surface area contributed by atoms with Crippen LogP contribution in [0.25, 0.3) is 0 Å². The van der Waals surface area contributed by atoms with Crippen LogP contribution in [0.5, 0.6) is 0 Å². The third kappa shape index (κ3) is 7.03. The summed E-state index contributed by atoms with van der Waals surface area (Å²) in [6.45, 7) is 13.2. The first kappa shape index (κ1) is 30.6. The van der Waals surface area contributed by atoms with Gasteiger partial charge >= 0.3 is 0 Å². The summed E-state index contributed by atoms with van der Waals surface area (Å²) < 4.78 is 30.3. The van der Waals surface area contributed by atoms with Crippen LogP contribution in [0.1, 0.15) is 125 Å². The van der Waals surface area contributed by atoms with Crippen molar-refractivity contribution in [3.05, 3.63) is 0 Å². The third-order valence-electron chi connectivity index (χ3n) is 10.4. The van der Waals surface area contributed by atoms with Gasteiger partial charge in [0.25, 0.3) is 10.1 Å². The van der Waals surface area contributed by atoms with E-state index in [1.54, 1.807) is 0 Å². The fourth-order valence-electron chi connectivity index (χ4n) is 8.80. The maximum atomic E-state index is 12.0. The van der Waals surface area contributed by atoms with Crippen LogP contribution < -0.4 is 5.32 Å². The highest BCUT2D eigenvalue weighted by Gasteiger charge is 2.59. The Morgan fingerprint density at radius 3 is 2.26 bits per heavy atom. The molecule has 6 heteroatoms. The average Bonchev–Trinajstić information content (AvgIpc) is 3.17. The van der Waals surface area contributed by atoms with E-state index < -0.39 is 15.9 Å². The van der Waals surface area contributed by atoms with Gasteiger partial charge in [-0.1, -0.05) is 54.4 Å². The molecule has 0 aliphatic heterocycles. The lowest BCUT2D eigenvalue weighted by atomic mass is 9.45. The Morgan fingerprint density at radius 2 is 1.57 bits per heavy atom. The van der Waals surface area contributed by atoms with Crippen molar-refractivity contribution in [2.45, 2.75) is 125 Å². The Labute approximate surface area is 216 Å². The molecular weight excluding hydrogens is 458 g/mol. The molecule has 7 atom stereocenters. The van der Waals surface area contributed by atoms with Gasteiger partial charge in [-0.2, -0.15) is 8.42 Å². The second kappa shape index (κ2) is 13.3. The van der Waals surface area contributed by atoms with Gasteiger partial charge in [0.05, 0.1) is 5.75 Å². The third-order valence-corrected chi connectivity index (χ3v) is 11.1. The molecule has 0 aromatic rings. The molecular formula is C29H55NO4S. The van der Waals surface area contributed by atoms with Gasteiger partial charge in [0.15, 0.2) is 0 Å². The number of carbonyl (C=O) groups is 1. The zero-order valence-electron chi connectivity index (χ0n) is 23.6. The highest BCUT2D eigenvalue weighted by atomic mass is 32.2. The van der Waals surface area contributed by atoms with Crippen molar-refractivity contribution in [1.82, 2.24) is 5.32 Å². The summed E-state index contributed by atoms with van der Waals surface area (Å²) in [5, 5.41) is 2.62. The van der Waals surface area contributed by atoms with E-state index in [-0.39, 0.29) is 12.5 Å². The topological polar surface area (TPSA) is 83.5 Å². The van der Waals surface area contributed by atoms with E-state index in [0.717, 1.165) is 42.4 Å². The Kier molecular flexibility index (Phi) is 11.6. The van der Waals surface area contributed by atoms with Crippen LogP contribution in [0, 0.1) is 40.4 Å². The molecule has 0 aromatic heterocycles. The minimum atomic E-state index is -4.01. The van der Waals surface area contributed by atoms with Crippen LogP contribution in [0.2, 0.25) is 0 Å². The second-order valence-electron chi connectivity index (χ2n) is 11.7. The zero-order chi connectivity index (χ0) is 26.3. The fraction of sp³-hybridized carbons (Fsp3) is 0.966. The predicted octanol–water partition coefficient (Wildman–Crippen LogP) is 7.26. The first-order chi connectivity index (χ1) is 16.6. The van der Waals surface area contributed by atoms with Crippen LogP contribution in [0.3, 0.4) is 0 Å². The number of carbonyl (C=O) groups excluding carboxylic acids is 1. The number of amides is 1. The number of hydrogen-bond acceptors (Lipinski definition) is 3. The van der Waals surface area contributed by atoms with Crippen LogP contribution >= 0.6 is 0 Å². The number of hydrogen-bond donors (Lipinski definition) is 2. The van der Waals surface area contributed by atoms with Gasteiger partial charge in [-0.05, 0) is 105 Å². The van der Waals surface area contributed by atoms with Crippen molar-refractivity contribution in [1.29, 1.82) is 0 Å². The first-order valence-electron chi connectivity index (χ1n) is 14.9. The van der Waals surface area contributed by atoms with E-state index in [0.29, 0.717) is 17.3 Å². The molecule has 1 amide bonds. The second-order valence-corrected chi connectivity index (χ2v) is 13.3. The normalized spacial score (nSPS) is 37.9. The van der Waals surface area contributed by atoms with Gasteiger partial charge < -0.3 is 5.32 Å². The van der Waals surface area contributed by atoms with E-state index in [2.05, 4.69) is 19.2 Å². The minimum absolute atomic E-state index is 0.0102. The number of fused-ring (bicyclic) bond motifs is 5. The monoisotopic (exact) mass is 513 g/mol. The molecule has 35 heavy (non-hydrogen) atoms. The van der Waals surface area contributed by atoms with Crippen molar-refractivity contribution in [2.75, 3.05) is 12.3 Å². The largest absolute Gasteiger partial charge is 0.355 e. The summed E-state index contributed by atoms with van der Waals surface area (Å²) in [6, 6.07) is 0. The average molecular weight is 514 g/mol. The SMILES string of the molecule is CC.CC.CC12CCCCC1CCC1C2CCC2(C)C(CCCC(=O)NCCS(=O)(=O)O)CCC12. The van der Waals surface area contributed by atoms with E-state index in [1.165, 1.54) is 64.2 Å². The molecule has 0 saturated heterocycles. The summed E-state index contributed by atoms with van der Waals surface area (Å²) >= 11 is 0. The lowest BCUT2D eigenvalue weighted by molar-refractivity contribution is -0.121. The molecule has 2 N–H and O–H groups in total. The van der Waals surface area contributed by atoms with Gasteiger partial charge in [-0.25, -0.2) is 0 Å². The number of nitrogens with one attached hydrogen (secondary N) is 1. The molecule has 0 heterocycles. The molecule has 5 nitrogen and oxygen atoms in total. The predicted molar refractivity (Wildman–Crippen MR) is 146 cm³/mol. The lowest BCUT2D eigenvalue weighted by Gasteiger charge is -2.60. The molecule has 0 aromatic carbocycles. The quantitative estimate of drug-likeness (QED) is 0.351. The Balaban J connectivity index is 0.00000103. The summed E-state index contributed by atoms with van der Waals surface area (Å²) in [7, 11) is -4.01. The standard InChI is InChI=1S/C25H43NO4S.2C2H6/c1-24-14-4-3-6-18(24)9-11-20-21-12-10-19(25(21,2)15-13-22(20)24)7-5-8-23(27)26-16-17-31(28,29)30;2*1-2/h18-22H,3-17H2,1-2H3,(H,26,27)(H,28,29,30);2*1-2H3. The molecule has 7 unspecified atom stereocenters. The Bertz CT molecular complexity index is 769. The van der Waals surface area contributed by atoms with Gasteiger partial charge in [0.2, 0.25) is 5.91 Å². The molecule has 206 valence electrons. The van der Waals surface area contributed by atoms with Crippen molar-refractivity contribution >= 4 is 16.0 Å². The van der Waals surface area contributed by atoms with Crippen molar-refractivity contribution in [3.63, 3.8) is 0 Å². The zero-order valence-corrected chi connectivity index (χ0v) is 24.4. The molecule has 0 radical (unpaired) electrons. The molecule has 4 aliphatic rings. The van der Waals surface area contributed by atoms with Gasteiger partial charge in [-0.15, -0.1) is 0 Å². The van der Waals surface area contributed by atoms with E-state index >= 15 is 0 Å². The van der Waals surface area contributed by atoms with E-state index in [9.17, 15) is 13.2 Å². The minimum Gasteiger partial charge on any atom is -0.355 e. The molecule has 4 fully saturated rings. The Hall–Kier alpha value is -0.620. The van der Waals surface area contributed by atoms with Crippen molar-refractivity contribution in [3.8, 4) is 0 Å². The van der Waals surface area contributed by atoms with Gasteiger partial charge in [-0.3, -0.25) is 9.35 Å². The first-order valence-corrected chi connectivity index (χ1v) is 16.5. The lowest BCUT2D eigenvalue weighted by Crippen LogP contribution is -2.52. The molecule has 0 bridgehead atoms. The number of rotatable bonds is 7. The summed E-state index contributed by atoms with van der Waals surface area (Å²) in [5.41, 5.74) is 1.04. The maximum absolute atomic E-state index is 12.0.